The number of rotatable bonds is 11. The summed E-state index contributed by atoms with van der Waals surface area (Å²) in [4.78, 5) is 38.1. The highest BCUT2D eigenvalue weighted by Crippen LogP contribution is 2.26. The molecule has 1 rings (SSSR count). The minimum atomic E-state index is -2.03. The van der Waals surface area contributed by atoms with Crippen LogP contribution in [0, 0.1) is 17.8 Å². The van der Waals surface area contributed by atoms with E-state index in [0.717, 1.165) is 31.3 Å². The van der Waals surface area contributed by atoms with E-state index in [1.807, 2.05) is 26.8 Å². The number of aliphatic hydroxyl groups excluding tert-OH is 3. The Morgan fingerprint density at radius 1 is 0.875 bits per heavy atom. The van der Waals surface area contributed by atoms with Crippen molar-refractivity contribution in [3.63, 3.8) is 0 Å². The van der Waals surface area contributed by atoms with E-state index in [0.29, 0.717) is 0 Å². The molecule has 0 radical (unpaired) electrons. The zero-order valence-electron chi connectivity index (χ0n) is 25.3. The van der Waals surface area contributed by atoms with Crippen molar-refractivity contribution < 1.29 is 39.2 Å². The molecule has 0 spiro atoms. The first-order valence-electron chi connectivity index (χ1n) is 14.9. The molecule has 0 aromatic heterocycles. The average Bonchev–Trinajstić information content (AvgIpc) is 2.92. The van der Waals surface area contributed by atoms with Gasteiger partial charge >= 0.3 is 11.9 Å². The van der Waals surface area contributed by atoms with Crippen LogP contribution in [0.4, 0.5) is 0 Å². The third-order valence-electron chi connectivity index (χ3n) is 7.54. The molecule has 7 atom stereocenters. The molecule has 0 unspecified atom stereocenters. The second-order valence-corrected chi connectivity index (χ2v) is 11.3. The van der Waals surface area contributed by atoms with E-state index in [4.69, 9.17) is 9.47 Å². The highest BCUT2D eigenvalue weighted by atomic mass is 16.6. The fourth-order valence-corrected chi connectivity index (χ4v) is 4.95. The predicted octanol–water partition coefficient (Wildman–Crippen LogP) is 4.99. The number of ketones is 1. The first-order valence-corrected chi connectivity index (χ1v) is 14.9. The first kappa shape index (κ1) is 35.7. The average molecular weight is 565 g/mol. The highest BCUT2D eigenvalue weighted by Gasteiger charge is 2.37. The molecule has 3 N–H and O–H groups in total. The Kier molecular flexibility index (Phi) is 16.9. The van der Waals surface area contributed by atoms with Gasteiger partial charge in [-0.2, -0.15) is 0 Å². The number of carbonyl (C=O) groups excluding carboxylic acids is 3. The Morgan fingerprint density at radius 3 is 2.08 bits per heavy atom. The summed E-state index contributed by atoms with van der Waals surface area (Å²) in [5, 5.41) is 30.9. The Morgan fingerprint density at radius 2 is 1.48 bits per heavy atom. The van der Waals surface area contributed by atoms with Crippen LogP contribution in [0.25, 0.3) is 0 Å². The van der Waals surface area contributed by atoms with Crippen LogP contribution >= 0.6 is 0 Å². The summed E-state index contributed by atoms with van der Waals surface area (Å²) in [6, 6.07) is 0. The lowest BCUT2D eigenvalue weighted by Crippen LogP contribution is -2.48. The van der Waals surface area contributed by atoms with E-state index in [9.17, 15) is 29.7 Å². The second kappa shape index (κ2) is 18.9. The van der Waals surface area contributed by atoms with E-state index in [2.05, 4.69) is 6.92 Å². The van der Waals surface area contributed by atoms with Gasteiger partial charge in [0.15, 0.2) is 18.0 Å². The predicted molar refractivity (Wildman–Crippen MR) is 155 cm³/mol. The summed E-state index contributed by atoms with van der Waals surface area (Å²) in [6.45, 7) is 10.2. The van der Waals surface area contributed by atoms with Crippen molar-refractivity contribution in [2.24, 2.45) is 17.8 Å². The lowest BCUT2D eigenvalue weighted by atomic mass is 9.87. The molecule has 0 saturated heterocycles. The zero-order chi connectivity index (χ0) is 30.2. The van der Waals surface area contributed by atoms with Gasteiger partial charge in [0.2, 0.25) is 0 Å². The van der Waals surface area contributed by atoms with Crippen molar-refractivity contribution in [2.45, 2.75) is 124 Å². The number of ether oxygens (including phenoxy) is 2. The monoisotopic (exact) mass is 564 g/mol. The third-order valence-corrected chi connectivity index (χ3v) is 7.54. The third kappa shape index (κ3) is 12.5. The van der Waals surface area contributed by atoms with Gasteiger partial charge in [-0.3, -0.25) is 4.79 Å². The fraction of sp³-hybridized carbons (Fsp3) is 0.719. The van der Waals surface area contributed by atoms with Gasteiger partial charge in [0.05, 0.1) is 6.61 Å². The Hall–Kier alpha value is -2.29. The lowest BCUT2D eigenvalue weighted by molar-refractivity contribution is -0.181. The maximum absolute atomic E-state index is 13.0. The van der Waals surface area contributed by atoms with E-state index < -0.39 is 48.9 Å². The summed E-state index contributed by atoms with van der Waals surface area (Å²) in [5.41, 5.74) is 0.899. The number of hydrogen-bond acceptors (Lipinski definition) is 8. The van der Waals surface area contributed by atoms with E-state index >= 15 is 0 Å². The van der Waals surface area contributed by atoms with E-state index in [-0.39, 0.29) is 23.2 Å². The number of aliphatic hydroxyl groups is 3. The molecule has 228 valence electrons. The van der Waals surface area contributed by atoms with Crippen LogP contribution in [0.2, 0.25) is 0 Å². The molecule has 0 amide bonds. The standard InChI is InChI=1S/C32H52O8/c1-7-8-9-10-11-12-13-14-15-22(3)30-24(5)18-21(2)16-17-26(34)23(4)19-25(6)31(37)39-27(20-33)28(35)29(36)32(38)40-30/h16-19,22-24,27-30,33,35-36H,7-15,20H2,1-6H3/b17-16+,21-18+,25-19+/t22-,23+,24-,27+,28+,29-,30+/m0/s1. The molecule has 1 aliphatic heterocycles. The molecule has 1 heterocycles. The van der Waals surface area contributed by atoms with Gasteiger partial charge in [0, 0.05) is 17.4 Å². The van der Waals surface area contributed by atoms with Gasteiger partial charge in [-0.1, -0.05) is 103 Å². The topological polar surface area (TPSA) is 130 Å². The van der Waals surface area contributed by atoms with Crippen LogP contribution in [-0.2, 0) is 23.9 Å². The molecule has 40 heavy (non-hydrogen) atoms. The van der Waals surface area contributed by atoms with Gasteiger partial charge in [0.25, 0.3) is 0 Å². The lowest BCUT2D eigenvalue weighted by Gasteiger charge is -2.31. The highest BCUT2D eigenvalue weighted by molar-refractivity contribution is 5.95. The van der Waals surface area contributed by atoms with Gasteiger partial charge in [-0.05, 0) is 32.3 Å². The molecule has 0 aromatic carbocycles. The SMILES string of the molecule is CCCCCCCCCC[C@H](C)[C@H]1OC(=O)[C@@H](O)[C@H](O)[C@@H](CO)OC(=O)/C(C)=C/[C@@H](C)C(=O)/C=C/C(C)=C/[C@@H]1C. The van der Waals surface area contributed by atoms with Crippen molar-refractivity contribution in [2.75, 3.05) is 6.61 Å². The summed E-state index contributed by atoms with van der Waals surface area (Å²) in [5.74, 6) is -3.05. The Labute approximate surface area is 240 Å². The van der Waals surface area contributed by atoms with Gasteiger partial charge < -0.3 is 24.8 Å². The summed E-state index contributed by atoms with van der Waals surface area (Å²) in [7, 11) is 0. The smallest absolute Gasteiger partial charge is 0.338 e. The maximum Gasteiger partial charge on any atom is 0.338 e. The van der Waals surface area contributed by atoms with Crippen LogP contribution in [0.3, 0.4) is 0 Å². The number of cyclic esters (lactones) is 2. The second-order valence-electron chi connectivity index (χ2n) is 11.3. The molecule has 1 aliphatic rings. The fourth-order valence-electron chi connectivity index (χ4n) is 4.95. The van der Waals surface area contributed by atoms with Crippen molar-refractivity contribution in [3.05, 3.63) is 35.5 Å². The van der Waals surface area contributed by atoms with Crippen LogP contribution in [0.1, 0.15) is 99.3 Å². The van der Waals surface area contributed by atoms with Crippen LogP contribution in [0.5, 0.6) is 0 Å². The zero-order valence-corrected chi connectivity index (χ0v) is 25.3. The largest absolute Gasteiger partial charge is 0.459 e. The summed E-state index contributed by atoms with van der Waals surface area (Å²) in [6.07, 6.45) is 10.7. The number of esters is 2. The maximum atomic E-state index is 13.0. The van der Waals surface area contributed by atoms with Crippen molar-refractivity contribution >= 4 is 17.7 Å². The van der Waals surface area contributed by atoms with Gasteiger partial charge in [-0.15, -0.1) is 0 Å². The van der Waals surface area contributed by atoms with Gasteiger partial charge in [0.1, 0.15) is 12.2 Å². The van der Waals surface area contributed by atoms with Crippen molar-refractivity contribution in [1.29, 1.82) is 0 Å². The van der Waals surface area contributed by atoms with Gasteiger partial charge in [-0.25, -0.2) is 9.59 Å². The minimum Gasteiger partial charge on any atom is -0.459 e. The minimum absolute atomic E-state index is 0.0431. The number of carbonyl (C=O) groups is 3. The van der Waals surface area contributed by atoms with Crippen LogP contribution in [0.15, 0.2) is 35.5 Å². The quantitative estimate of drug-likeness (QED) is 0.236. The Bertz CT molecular complexity index is 889. The molecule has 0 saturated carbocycles. The molecule has 0 aromatic rings. The van der Waals surface area contributed by atoms with E-state index in [1.165, 1.54) is 51.2 Å². The Balaban J connectivity index is 3.15. The summed E-state index contributed by atoms with van der Waals surface area (Å²) >= 11 is 0. The summed E-state index contributed by atoms with van der Waals surface area (Å²) < 4.78 is 10.9. The van der Waals surface area contributed by atoms with E-state index in [1.54, 1.807) is 13.0 Å². The van der Waals surface area contributed by atoms with Crippen molar-refractivity contribution in [1.82, 2.24) is 0 Å². The molecule has 8 nitrogen and oxygen atoms in total. The normalized spacial score (nSPS) is 31.7. The van der Waals surface area contributed by atoms with Crippen LogP contribution in [-0.4, -0.2) is 64.1 Å². The molecule has 0 aliphatic carbocycles. The number of unbranched alkanes of at least 4 members (excludes halogenated alkanes) is 7. The first-order chi connectivity index (χ1) is 18.9. The number of allylic oxidation sites excluding steroid dienone is 4. The molecule has 0 bridgehead atoms. The molecule has 0 fully saturated rings. The van der Waals surface area contributed by atoms with Crippen LogP contribution < -0.4 is 0 Å². The molecule has 8 heteroatoms. The molecular formula is C32H52O8. The molecular weight excluding hydrogens is 512 g/mol. The number of hydrogen-bond donors (Lipinski definition) is 3. The van der Waals surface area contributed by atoms with Crippen molar-refractivity contribution in [3.8, 4) is 0 Å².